The summed E-state index contributed by atoms with van der Waals surface area (Å²) in [6, 6.07) is 7.09. The Balaban J connectivity index is 2.47. The molecule has 0 aliphatic rings. The third kappa shape index (κ3) is 7.58. The quantitative estimate of drug-likeness (QED) is 0.679. The van der Waals surface area contributed by atoms with Gasteiger partial charge in [-0.15, -0.1) is 0 Å². The monoisotopic (exact) mass is 332 g/mol. The molecule has 0 saturated heterocycles. The van der Waals surface area contributed by atoms with E-state index in [9.17, 15) is 14.4 Å². The zero-order valence-corrected chi connectivity index (χ0v) is 14.1. The van der Waals surface area contributed by atoms with Crippen LogP contribution in [0, 0.1) is 0 Å². The molecule has 0 bridgehead atoms. The van der Waals surface area contributed by atoms with Crippen LogP contribution in [0.1, 0.15) is 41.6 Å². The first-order chi connectivity index (χ1) is 11.4. The second-order valence-electron chi connectivity index (χ2n) is 5.61. The van der Waals surface area contributed by atoms with Crippen LogP contribution in [-0.2, 0) is 9.59 Å². The molecule has 0 aliphatic carbocycles. The zero-order chi connectivity index (χ0) is 17.9. The van der Waals surface area contributed by atoms with Gasteiger partial charge in [0, 0.05) is 32.6 Å². The van der Waals surface area contributed by atoms with Crippen LogP contribution in [0.15, 0.2) is 30.3 Å². The molecule has 6 nitrogen and oxygen atoms in total. The maximum absolute atomic E-state index is 11.9. The summed E-state index contributed by atoms with van der Waals surface area (Å²) in [7, 11) is 3.48. The molecular formula is C18H24N2O4. The van der Waals surface area contributed by atoms with Crippen LogP contribution in [0.25, 0.3) is 6.08 Å². The molecule has 130 valence electrons. The third-order valence-corrected chi connectivity index (χ3v) is 3.34. The molecule has 1 aromatic rings. The molecule has 0 atom stereocenters. The fraction of sp³-hybridized carbons (Fsp3) is 0.389. The van der Waals surface area contributed by atoms with Crippen molar-refractivity contribution in [2.75, 3.05) is 20.6 Å². The molecule has 0 aliphatic heterocycles. The maximum atomic E-state index is 11.9. The Morgan fingerprint density at radius 3 is 2.62 bits per heavy atom. The lowest BCUT2D eigenvalue weighted by Crippen LogP contribution is -2.25. The number of carboxylic acid groups (broad SMARTS) is 1. The minimum absolute atomic E-state index is 0.100. The lowest BCUT2D eigenvalue weighted by Gasteiger charge is -2.08. The molecule has 2 N–H and O–H groups in total. The average Bonchev–Trinajstić information content (AvgIpc) is 2.54. The summed E-state index contributed by atoms with van der Waals surface area (Å²) in [6.45, 7) is 0.105. The first-order valence-electron chi connectivity index (χ1n) is 7.87. The topological polar surface area (TPSA) is 86.7 Å². The van der Waals surface area contributed by atoms with Crippen molar-refractivity contribution in [3.05, 3.63) is 41.5 Å². The highest BCUT2D eigenvalue weighted by atomic mass is 16.4. The van der Waals surface area contributed by atoms with Crippen molar-refractivity contribution in [2.45, 2.75) is 25.7 Å². The molecule has 0 fully saturated rings. The zero-order valence-electron chi connectivity index (χ0n) is 14.1. The highest BCUT2D eigenvalue weighted by molar-refractivity contribution is 5.94. The summed E-state index contributed by atoms with van der Waals surface area (Å²) in [4.78, 5) is 35.4. The minimum atomic E-state index is -0.945. The molecule has 1 rings (SSSR count). The predicted octanol–water partition coefficient (Wildman–Crippen LogP) is 2.16. The maximum Gasteiger partial charge on any atom is 0.305 e. The highest BCUT2D eigenvalue weighted by Crippen LogP contribution is 2.09. The predicted molar refractivity (Wildman–Crippen MR) is 92.6 cm³/mol. The van der Waals surface area contributed by atoms with E-state index < -0.39 is 5.97 Å². The van der Waals surface area contributed by atoms with Crippen molar-refractivity contribution in [3.63, 3.8) is 0 Å². The van der Waals surface area contributed by atoms with Gasteiger partial charge in [-0.1, -0.05) is 24.3 Å². The number of hydrogen-bond acceptors (Lipinski definition) is 3. The summed E-state index contributed by atoms with van der Waals surface area (Å²) < 4.78 is 0. The number of carbonyl (C=O) groups is 3. The number of aliphatic carboxylic acids is 1. The first kappa shape index (κ1) is 19.4. The van der Waals surface area contributed by atoms with Gasteiger partial charge in [0.05, 0.1) is 6.42 Å². The van der Waals surface area contributed by atoms with Crippen LogP contribution in [0.3, 0.4) is 0 Å². The van der Waals surface area contributed by atoms with E-state index in [0.717, 1.165) is 18.4 Å². The summed E-state index contributed by atoms with van der Waals surface area (Å²) in [6.07, 6.45) is 5.87. The number of amides is 2. The number of allylic oxidation sites excluding steroid dienone is 1. The van der Waals surface area contributed by atoms with Crippen LogP contribution < -0.4 is 5.32 Å². The van der Waals surface area contributed by atoms with Crippen molar-refractivity contribution >= 4 is 23.9 Å². The smallest absolute Gasteiger partial charge is 0.305 e. The van der Waals surface area contributed by atoms with E-state index in [2.05, 4.69) is 5.32 Å². The molecule has 0 spiro atoms. The normalized spacial score (nSPS) is 10.6. The fourth-order valence-corrected chi connectivity index (χ4v) is 1.98. The second-order valence-corrected chi connectivity index (χ2v) is 5.61. The fourth-order valence-electron chi connectivity index (χ4n) is 1.98. The molecule has 0 unspecified atom stereocenters. The number of benzene rings is 1. The van der Waals surface area contributed by atoms with Crippen LogP contribution in [0.5, 0.6) is 0 Å². The molecule has 0 aromatic heterocycles. The number of hydrogen-bond donors (Lipinski definition) is 2. The first-order valence-corrected chi connectivity index (χ1v) is 7.87. The van der Waals surface area contributed by atoms with Crippen molar-refractivity contribution in [3.8, 4) is 0 Å². The molecule has 0 saturated carbocycles. The summed E-state index contributed by atoms with van der Waals surface area (Å²) in [5.74, 6) is -1.12. The van der Waals surface area contributed by atoms with Crippen LogP contribution >= 0.6 is 0 Å². The summed E-state index contributed by atoms with van der Waals surface area (Å²) in [5, 5.41) is 11.1. The van der Waals surface area contributed by atoms with Gasteiger partial charge in [0.1, 0.15) is 0 Å². The van der Waals surface area contributed by atoms with Crippen molar-refractivity contribution in [1.82, 2.24) is 10.2 Å². The Morgan fingerprint density at radius 1 is 1.21 bits per heavy atom. The van der Waals surface area contributed by atoms with Gasteiger partial charge in [-0.05, 0) is 30.5 Å². The second kappa shape index (κ2) is 10.2. The Kier molecular flexibility index (Phi) is 8.25. The van der Waals surface area contributed by atoms with E-state index >= 15 is 0 Å². The number of nitrogens with zero attached hydrogens (tertiary/aromatic N) is 1. The average molecular weight is 332 g/mol. The van der Waals surface area contributed by atoms with Crippen molar-refractivity contribution in [1.29, 1.82) is 0 Å². The molecule has 6 heteroatoms. The van der Waals surface area contributed by atoms with Gasteiger partial charge in [0.15, 0.2) is 0 Å². The lowest BCUT2D eigenvalue weighted by atomic mass is 10.1. The Bertz CT molecular complexity index is 609. The van der Waals surface area contributed by atoms with E-state index in [1.54, 1.807) is 37.2 Å². The number of rotatable bonds is 9. The van der Waals surface area contributed by atoms with Crippen LogP contribution in [-0.4, -0.2) is 48.4 Å². The third-order valence-electron chi connectivity index (χ3n) is 3.34. The molecule has 0 heterocycles. The Labute approximate surface area is 142 Å². The van der Waals surface area contributed by atoms with E-state index in [-0.39, 0.29) is 24.8 Å². The van der Waals surface area contributed by atoms with Gasteiger partial charge in [-0.2, -0.15) is 0 Å². The van der Waals surface area contributed by atoms with E-state index in [4.69, 9.17) is 5.11 Å². The van der Waals surface area contributed by atoms with Gasteiger partial charge in [-0.25, -0.2) is 0 Å². The molecule has 24 heavy (non-hydrogen) atoms. The number of carbonyl (C=O) groups excluding carboxylic acids is 2. The van der Waals surface area contributed by atoms with Crippen molar-refractivity contribution in [2.24, 2.45) is 0 Å². The largest absolute Gasteiger partial charge is 0.481 e. The standard InChI is InChI=1S/C18H24N2O4/c1-20(2)16(21)10-5-3-4-7-14-8-6-9-15(13-14)18(24)19-12-11-17(22)23/h4,6-9,13H,3,5,10-12H2,1-2H3,(H,19,24)(H,22,23)/b7-4-. The minimum Gasteiger partial charge on any atom is -0.481 e. The highest BCUT2D eigenvalue weighted by Gasteiger charge is 2.06. The van der Waals surface area contributed by atoms with E-state index in [1.807, 2.05) is 18.2 Å². The van der Waals surface area contributed by atoms with Crippen LogP contribution in [0.2, 0.25) is 0 Å². The lowest BCUT2D eigenvalue weighted by molar-refractivity contribution is -0.136. The van der Waals surface area contributed by atoms with Crippen molar-refractivity contribution < 1.29 is 19.5 Å². The summed E-state index contributed by atoms with van der Waals surface area (Å²) in [5.41, 5.74) is 1.38. The van der Waals surface area contributed by atoms with Gasteiger partial charge in [-0.3, -0.25) is 14.4 Å². The van der Waals surface area contributed by atoms with Gasteiger partial charge in [0.2, 0.25) is 5.91 Å². The van der Waals surface area contributed by atoms with Gasteiger partial charge >= 0.3 is 5.97 Å². The number of unbranched alkanes of at least 4 members (excludes halogenated alkanes) is 1. The van der Waals surface area contributed by atoms with Crippen LogP contribution in [0.4, 0.5) is 0 Å². The molecular weight excluding hydrogens is 308 g/mol. The number of nitrogens with one attached hydrogen (secondary N) is 1. The molecule has 2 amide bonds. The molecule has 0 radical (unpaired) electrons. The van der Waals surface area contributed by atoms with E-state index in [1.165, 1.54) is 0 Å². The van der Waals surface area contributed by atoms with Gasteiger partial charge in [0.25, 0.3) is 5.91 Å². The molecule has 1 aromatic carbocycles. The summed E-state index contributed by atoms with van der Waals surface area (Å²) >= 11 is 0. The van der Waals surface area contributed by atoms with Gasteiger partial charge < -0.3 is 15.3 Å². The Hall–Kier alpha value is -2.63. The number of carboxylic acids is 1. The van der Waals surface area contributed by atoms with E-state index in [0.29, 0.717) is 12.0 Å². The Morgan fingerprint density at radius 2 is 1.96 bits per heavy atom. The SMILES string of the molecule is CN(C)C(=O)CCC/C=C\c1cccc(C(=O)NCCC(=O)O)c1.